The lowest BCUT2D eigenvalue weighted by Gasteiger charge is -2.09. The van der Waals surface area contributed by atoms with E-state index in [4.69, 9.17) is 9.47 Å². The molecule has 4 nitrogen and oxygen atoms in total. The minimum atomic E-state index is -0.340. The number of hydrogen-bond acceptors (Lipinski definition) is 4. The monoisotopic (exact) mass is 208 g/mol. The van der Waals surface area contributed by atoms with Crippen molar-refractivity contribution in [1.29, 1.82) is 0 Å². The number of ether oxygens (including phenoxy) is 2. The predicted octanol–water partition coefficient (Wildman–Crippen LogP) is 1.78. The number of aromatic hydroxyl groups is 1. The molecule has 0 bridgehead atoms. The SMILES string of the molecule is CCC(=O)O[C@@H]1COc2cc(O)ccc21. The summed E-state index contributed by atoms with van der Waals surface area (Å²) in [5, 5.41) is 9.22. The molecule has 0 amide bonds. The highest BCUT2D eigenvalue weighted by molar-refractivity contribution is 5.69. The Morgan fingerprint density at radius 3 is 3.20 bits per heavy atom. The number of phenolic OH excluding ortho intramolecular Hbond substituents is 1. The zero-order valence-corrected chi connectivity index (χ0v) is 8.40. The fourth-order valence-corrected chi connectivity index (χ4v) is 1.51. The summed E-state index contributed by atoms with van der Waals surface area (Å²) >= 11 is 0. The van der Waals surface area contributed by atoms with Crippen LogP contribution in [-0.2, 0) is 9.53 Å². The van der Waals surface area contributed by atoms with Gasteiger partial charge in [-0.15, -0.1) is 0 Å². The summed E-state index contributed by atoms with van der Waals surface area (Å²) in [6, 6.07) is 4.79. The van der Waals surface area contributed by atoms with Crippen LogP contribution in [0, 0.1) is 0 Å². The van der Waals surface area contributed by atoms with Gasteiger partial charge in [0, 0.05) is 18.1 Å². The molecule has 0 saturated carbocycles. The Morgan fingerprint density at radius 2 is 2.47 bits per heavy atom. The van der Waals surface area contributed by atoms with Crippen LogP contribution in [0.5, 0.6) is 11.5 Å². The topological polar surface area (TPSA) is 55.8 Å². The summed E-state index contributed by atoms with van der Waals surface area (Å²) in [6.45, 7) is 2.07. The first kappa shape index (κ1) is 9.83. The van der Waals surface area contributed by atoms with Crippen molar-refractivity contribution in [3.05, 3.63) is 23.8 Å². The van der Waals surface area contributed by atoms with Crippen LogP contribution in [0.25, 0.3) is 0 Å². The van der Waals surface area contributed by atoms with E-state index in [9.17, 15) is 9.90 Å². The molecule has 1 aliphatic rings. The molecule has 1 N–H and O–H groups in total. The van der Waals surface area contributed by atoms with E-state index in [1.54, 1.807) is 19.1 Å². The van der Waals surface area contributed by atoms with Gasteiger partial charge in [0.2, 0.25) is 0 Å². The number of carbonyl (C=O) groups is 1. The van der Waals surface area contributed by atoms with Gasteiger partial charge in [-0.25, -0.2) is 0 Å². The van der Waals surface area contributed by atoms with E-state index in [1.165, 1.54) is 6.07 Å². The second kappa shape index (κ2) is 3.81. The number of carbonyl (C=O) groups excluding carboxylic acids is 1. The summed E-state index contributed by atoms with van der Waals surface area (Å²) in [5.74, 6) is 0.490. The van der Waals surface area contributed by atoms with Crippen LogP contribution in [-0.4, -0.2) is 17.7 Å². The van der Waals surface area contributed by atoms with Crippen molar-refractivity contribution in [2.75, 3.05) is 6.61 Å². The van der Waals surface area contributed by atoms with Gasteiger partial charge in [0.05, 0.1) is 0 Å². The second-order valence-corrected chi connectivity index (χ2v) is 3.37. The van der Waals surface area contributed by atoms with Gasteiger partial charge in [0.1, 0.15) is 18.1 Å². The smallest absolute Gasteiger partial charge is 0.306 e. The van der Waals surface area contributed by atoms with Crippen molar-refractivity contribution >= 4 is 5.97 Å². The Bertz CT molecular complexity index is 386. The Labute approximate surface area is 87.4 Å². The van der Waals surface area contributed by atoms with Crippen molar-refractivity contribution in [3.8, 4) is 11.5 Å². The molecule has 4 heteroatoms. The van der Waals surface area contributed by atoms with Crippen LogP contribution >= 0.6 is 0 Å². The molecule has 80 valence electrons. The van der Waals surface area contributed by atoms with Crippen molar-refractivity contribution in [1.82, 2.24) is 0 Å². The van der Waals surface area contributed by atoms with E-state index in [1.807, 2.05) is 0 Å². The molecule has 1 aliphatic heterocycles. The molecule has 0 spiro atoms. The largest absolute Gasteiger partial charge is 0.508 e. The van der Waals surface area contributed by atoms with Crippen molar-refractivity contribution in [2.45, 2.75) is 19.4 Å². The summed E-state index contributed by atoms with van der Waals surface area (Å²) in [5.41, 5.74) is 0.814. The fraction of sp³-hybridized carbons (Fsp3) is 0.364. The zero-order chi connectivity index (χ0) is 10.8. The van der Waals surface area contributed by atoms with Gasteiger partial charge >= 0.3 is 5.97 Å². The summed E-state index contributed by atoms with van der Waals surface area (Å²) < 4.78 is 10.5. The lowest BCUT2D eigenvalue weighted by atomic mass is 10.1. The summed E-state index contributed by atoms with van der Waals surface area (Å²) in [7, 11) is 0. The minimum Gasteiger partial charge on any atom is -0.508 e. The lowest BCUT2D eigenvalue weighted by molar-refractivity contribution is -0.149. The normalized spacial score (nSPS) is 18.1. The molecule has 0 fully saturated rings. The average Bonchev–Trinajstić information content (AvgIpc) is 2.60. The molecule has 1 atom stereocenters. The van der Waals surface area contributed by atoms with Gasteiger partial charge < -0.3 is 14.6 Å². The molecule has 1 aromatic rings. The summed E-state index contributed by atoms with van der Waals surface area (Å²) in [4.78, 5) is 11.1. The highest BCUT2D eigenvalue weighted by atomic mass is 16.6. The van der Waals surface area contributed by atoms with E-state index in [-0.39, 0.29) is 17.8 Å². The van der Waals surface area contributed by atoms with Crippen LogP contribution in [0.4, 0.5) is 0 Å². The number of benzene rings is 1. The zero-order valence-electron chi connectivity index (χ0n) is 8.40. The Morgan fingerprint density at radius 1 is 1.67 bits per heavy atom. The maximum Gasteiger partial charge on any atom is 0.306 e. The van der Waals surface area contributed by atoms with Crippen LogP contribution in [0.1, 0.15) is 25.0 Å². The first-order chi connectivity index (χ1) is 7.20. The van der Waals surface area contributed by atoms with Gasteiger partial charge in [-0.3, -0.25) is 4.79 Å². The summed E-state index contributed by atoms with van der Waals surface area (Å²) in [6.07, 6.45) is 0.0113. The fourth-order valence-electron chi connectivity index (χ4n) is 1.51. The Kier molecular flexibility index (Phi) is 2.49. The number of phenols is 1. The van der Waals surface area contributed by atoms with Crippen LogP contribution in [0.2, 0.25) is 0 Å². The first-order valence-electron chi connectivity index (χ1n) is 4.86. The standard InChI is InChI=1S/C11H12O4/c1-2-11(13)15-10-6-14-9-5-7(12)3-4-8(9)10/h3-5,10,12H,2,6H2,1H3/t10-/m1/s1. The quantitative estimate of drug-likeness (QED) is 0.752. The highest BCUT2D eigenvalue weighted by Crippen LogP contribution is 2.36. The molecule has 0 radical (unpaired) electrons. The molecule has 1 heterocycles. The molecule has 2 rings (SSSR count). The lowest BCUT2D eigenvalue weighted by Crippen LogP contribution is -2.11. The van der Waals surface area contributed by atoms with Crippen molar-refractivity contribution < 1.29 is 19.4 Å². The molecule has 15 heavy (non-hydrogen) atoms. The van der Waals surface area contributed by atoms with Gasteiger partial charge in [-0.05, 0) is 12.1 Å². The predicted molar refractivity (Wildman–Crippen MR) is 52.7 cm³/mol. The van der Waals surface area contributed by atoms with E-state index in [0.717, 1.165) is 5.56 Å². The van der Waals surface area contributed by atoms with E-state index in [0.29, 0.717) is 18.8 Å². The maximum absolute atomic E-state index is 11.1. The van der Waals surface area contributed by atoms with Crippen molar-refractivity contribution in [3.63, 3.8) is 0 Å². The number of esters is 1. The van der Waals surface area contributed by atoms with Gasteiger partial charge in [-0.1, -0.05) is 6.92 Å². The third-order valence-electron chi connectivity index (χ3n) is 2.30. The van der Waals surface area contributed by atoms with E-state index < -0.39 is 0 Å². The maximum atomic E-state index is 11.1. The van der Waals surface area contributed by atoms with E-state index >= 15 is 0 Å². The molecule has 1 aromatic carbocycles. The second-order valence-electron chi connectivity index (χ2n) is 3.37. The molecule has 0 unspecified atom stereocenters. The van der Waals surface area contributed by atoms with Crippen molar-refractivity contribution in [2.24, 2.45) is 0 Å². The number of fused-ring (bicyclic) bond motifs is 1. The Hall–Kier alpha value is -1.71. The van der Waals surface area contributed by atoms with Crippen LogP contribution in [0.15, 0.2) is 18.2 Å². The molecular formula is C11H12O4. The van der Waals surface area contributed by atoms with Gasteiger partial charge in [-0.2, -0.15) is 0 Å². The highest BCUT2D eigenvalue weighted by Gasteiger charge is 2.27. The number of rotatable bonds is 2. The average molecular weight is 208 g/mol. The Balaban J connectivity index is 2.18. The third-order valence-corrected chi connectivity index (χ3v) is 2.30. The third kappa shape index (κ3) is 1.88. The van der Waals surface area contributed by atoms with Gasteiger partial charge in [0.25, 0.3) is 0 Å². The van der Waals surface area contributed by atoms with Crippen LogP contribution < -0.4 is 4.74 Å². The molecular weight excluding hydrogens is 196 g/mol. The number of hydrogen-bond donors (Lipinski definition) is 1. The molecule has 0 aliphatic carbocycles. The van der Waals surface area contributed by atoms with Gasteiger partial charge in [0.15, 0.2) is 6.10 Å². The first-order valence-corrected chi connectivity index (χ1v) is 4.86. The van der Waals surface area contributed by atoms with Crippen LogP contribution in [0.3, 0.4) is 0 Å². The molecule has 0 saturated heterocycles. The van der Waals surface area contributed by atoms with E-state index in [2.05, 4.69) is 0 Å². The minimum absolute atomic E-state index is 0.149. The molecule has 0 aromatic heterocycles.